The Morgan fingerprint density at radius 1 is 0.966 bits per heavy atom. The normalized spacial score (nSPS) is 14.6. The Morgan fingerprint density at radius 2 is 1.69 bits per heavy atom. The second-order valence-corrected chi connectivity index (χ2v) is 7.08. The Hall–Kier alpha value is -3.03. The highest BCUT2D eigenvalue weighted by Crippen LogP contribution is 2.24. The van der Waals surface area contributed by atoms with Crippen molar-refractivity contribution in [3.8, 4) is 22.9 Å². The van der Waals surface area contributed by atoms with Crippen molar-refractivity contribution in [3.63, 3.8) is 0 Å². The van der Waals surface area contributed by atoms with Crippen LogP contribution in [0.3, 0.4) is 0 Å². The van der Waals surface area contributed by atoms with E-state index in [-0.39, 0.29) is 5.91 Å². The van der Waals surface area contributed by atoms with Gasteiger partial charge in [-0.25, -0.2) is 0 Å². The van der Waals surface area contributed by atoms with Crippen molar-refractivity contribution in [2.45, 2.75) is 6.42 Å². The maximum atomic E-state index is 12.5. The highest BCUT2D eigenvalue weighted by Gasteiger charge is 2.14. The molecule has 1 amide bonds. The first-order chi connectivity index (χ1) is 14.3. The first-order valence-corrected chi connectivity index (χ1v) is 9.98. The number of amides is 1. The van der Waals surface area contributed by atoms with Gasteiger partial charge in [-0.2, -0.15) is 0 Å². The molecular formula is C22H25N4O3+. The number of carbonyl (C=O) groups is 1. The van der Waals surface area contributed by atoms with Gasteiger partial charge in [0.1, 0.15) is 13.1 Å². The largest absolute Gasteiger partial charge is 0.416 e. The van der Waals surface area contributed by atoms with E-state index >= 15 is 0 Å². The lowest BCUT2D eigenvalue weighted by Crippen LogP contribution is -3.14. The lowest BCUT2D eigenvalue weighted by atomic mass is 10.1. The van der Waals surface area contributed by atoms with Crippen LogP contribution in [-0.2, 0) is 4.74 Å². The number of hydrogen-bond donors (Lipinski definition) is 2. The second-order valence-electron chi connectivity index (χ2n) is 7.08. The highest BCUT2D eigenvalue weighted by molar-refractivity contribution is 5.95. The number of ether oxygens (including phenoxy) is 1. The summed E-state index contributed by atoms with van der Waals surface area (Å²) in [6.07, 6.45) is 0.949. The van der Waals surface area contributed by atoms with Crippen LogP contribution in [-0.4, -0.2) is 55.5 Å². The van der Waals surface area contributed by atoms with E-state index in [1.165, 1.54) is 4.90 Å². The molecule has 150 valence electrons. The molecule has 0 saturated carbocycles. The standard InChI is InChI=1S/C22H24N4O3/c27-20(23-10-5-11-26-12-14-28-15-13-26)18-8-4-9-19(16-18)22-25-24-21(29-22)17-6-2-1-3-7-17/h1-4,6-9,16H,5,10-15H2,(H,23,27)/p+1. The molecule has 1 saturated heterocycles. The number of benzene rings is 2. The van der Waals surface area contributed by atoms with Crippen LogP contribution in [0.2, 0.25) is 0 Å². The van der Waals surface area contributed by atoms with Gasteiger partial charge in [-0.15, -0.1) is 10.2 Å². The Balaban J connectivity index is 1.34. The van der Waals surface area contributed by atoms with Crippen LogP contribution in [0.4, 0.5) is 0 Å². The molecule has 0 radical (unpaired) electrons. The van der Waals surface area contributed by atoms with E-state index in [1.54, 1.807) is 12.1 Å². The van der Waals surface area contributed by atoms with Crippen molar-refractivity contribution in [3.05, 3.63) is 60.2 Å². The zero-order valence-corrected chi connectivity index (χ0v) is 16.3. The van der Waals surface area contributed by atoms with Crippen LogP contribution in [0.5, 0.6) is 0 Å². The number of rotatable bonds is 7. The molecular weight excluding hydrogens is 368 g/mol. The fourth-order valence-corrected chi connectivity index (χ4v) is 3.38. The quantitative estimate of drug-likeness (QED) is 0.594. The van der Waals surface area contributed by atoms with Crippen molar-refractivity contribution < 1.29 is 18.8 Å². The van der Waals surface area contributed by atoms with E-state index in [0.29, 0.717) is 23.9 Å². The molecule has 4 rings (SSSR count). The molecule has 0 atom stereocenters. The fraction of sp³-hybridized carbons (Fsp3) is 0.318. The number of quaternary nitrogens is 1. The summed E-state index contributed by atoms with van der Waals surface area (Å²) in [5.41, 5.74) is 2.17. The molecule has 0 unspecified atom stereocenters. The van der Waals surface area contributed by atoms with E-state index < -0.39 is 0 Å². The first kappa shape index (κ1) is 19.3. The summed E-state index contributed by atoms with van der Waals surface area (Å²) in [5.74, 6) is 0.766. The molecule has 1 fully saturated rings. The highest BCUT2D eigenvalue weighted by atomic mass is 16.5. The third kappa shape index (κ3) is 5.07. The molecule has 2 heterocycles. The summed E-state index contributed by atoms with van der Waals surface area (Å²) in [4.78, 5) is 14.0. The van der Waals surface area contributed by atoms with Crippen LogP contribution in [0.25, 0.3) is 22.9 Å². The molecule has 7 heteroatoms. The minimum atomic E-state index is -0.0911. The summed E-state index contributed by atoms with van der Waals surface area (Å²) >= 11 is 0. The third-order valence-electron chi connectivity index (χ3n) is 5.01. The number of nitrogens with one attached hydrogen (secondary N) is 2. The molecule has 2 N–H and O–H groups in total. The van der Waals surface area contributed by atoms with Crippen LogP contribution in [0, 0.1) is 0 Å². The molecule has 1 aliphatic heterocycles. The van der Waals surface area contributed by atoms with Gasteiger partial charge in [0.25, 0.3) is 5.91 Å². The molecule has 7 nitrogen and oxygen atoms in total. The van der Waals surface area contributed by atoms with E-state index in [4.69, 9.17) is 9.15 Å². The lowest BCUT2D eigenvalue weighted by Gasteiger charge is -2.23. The summed E-state index contributed by atoms with van der Waals surface area (Å²) in [6, 6.07) is 16.9. The molecule has 0 aliphatic carbocycles. The van der Waals surface area contributed by atoms with E-state index in [0.717, 1.165) is 50.4 Å². The van der Waals surface area contributed by atoms with Gasteiger partial charge < -0.3 is 19.4 Å². The van der Waals surface area contributed by atoms with Crippen LogP contribution >= 0.6 is 0 Å². The summed E-state index contributed by atoms with van der Waals surface area (Å²) in [7, 11) is 0. The van der Waals surface area contributed by atoms with Gasteiger partial charge in [-0.3, -0.25) is 4.79 Å². The van der Waals surface area contributed by atoms with Gasteiger partial charge in [0, 0.05) is 29.7 Å². The average molecular weight is 393 g/mol. The van der Waals surface area contributed by atoms with E-state index in [1.807, 2.05) is 42.5 Å². The molecule has 3 aromatic rings. The van der Waals surface area contributed by atoms with Gasteiger partial charge in [-0.05, 0) is 30.3 Å². The van der Waals surface area contributed by atoms with Crippen molar-refractivity contribution in [1.82, 2.24) is 15.5 Å². The molecule has 2 aromatic carbocycles. The summed E-state index contributed by atoms with van der Waals surface area (Å²) < 4.78 is 11.2. The summed E-state index contributed by atoms with van der Waals surface area (Å²) in [6.45, 7) is 5.46. The fourth-order valence-electron chi connectivity index (χ4n) is 3.38. The number of carbonyl (C=O) groups excluding carboxylic acids is 1. The third-order valence-corrected chi connectivity index (χ3v) is 5.01. The van der Waals surface area contributed by atoms with Gasteiger partial charge in [-0.1, -0.05) is 24.3 Å². The lowest BCUT2D eigenvalue weighted by molar-refractivity contribution is -0.908. The van der Waals surface area contributed by atoms with Gasteiger partial charge >= 0.3 is 0 Å². The van der Waals surface area contributed by atoms with E-state index in [2.05, 4.69) is 15.5 Å². The number of morpholine rings is 1. The van der Waals surface area contributed by atoms with Crippen molar-refractivity contribution in [1.29, 1.82) is 0 Å². The molecule has 0 spiro atoms. The van der Waals surface area contributed by atoms with Gasteiger partial charge in [0.05, 0.1) is 19.8 Å². The smallest absolute Gasteiger partial charge is 0.251 e. The molecule has 1 aliphatic rings. The number of aromatic nitrogens is 2. The summed E-state index contributed by atoms with van der Waals surface area (Å²) in [5, 5.41) is 11.2. The molecule has 29 heavy (non-hydrogen) atoms. The Labute approximate surface area is 169 Å². The van der Waals surface area contributed by atoms with E-state index in [9.17, 15) is 4.79 Å². The minimum Gasteiger partial charge on any atom is -0.416 e. The monoisotopic (exact) mass is 393 g/mol. The van der Waals surface area contributed by atoms with Crippen molar-refractivity contribution in [2.75, 3.05) is 39.4 Å². The zero-order chi connectivity index (χ0) is 19.9. The van der Waals surface area contributed by atoms with Crippen molar-refractivity contribution in [2.24, 2.45) is 0 Å². The minimum absolute atomic E-state index is 0.0911. The molecule has 0 bridgehead atoms. The van der Waals surface area contributed by atoms with Gasteiger partial charge in [0.2, 0.25) is 11.8 Å². The predicted octanol–water partition coefficient (Wildman–Crippen LogP) is 1.44. The average Bonchev–Trinajstić information content (AvgIpc) is 3.28. The van der Waals surface area contributed by atoms with Gasteiger partial charge in [0.15, 0.2) is 0 Å². The van der Waals surface area contributed by atoms with Crippen molar-refractivity contribution >= 4 is 5.91 Å². The Kier molecular flexibility index (Phi) is 6.29. The Bertz CT molecular complexity index is 936. The van der Waals surface area contributed by atoms with Crippen LogP contribution in [0.1, 0.15) is 16.8 Å². The topological polar surface area (TPSA) is 81.7 Å². The maximum absolute atomic E-state index is 12.5. The Morgan fingerprint density at radius 3 is 2.48 bits per heavy atom. The first-order valence-electron chi connectivity index (χ1n) is 9.98. The molecule has 1 aromatic heterocycles. The maximum Gasteiger partial charge on any atom is 0.251 e. The number of nitrogens with zero attached hydrogens (tertiary/aromatic N) is 2. The predicted molar refractivity (Wildman–Crippen MR) is 109 cm³/mol. The van der Waals surface area contributed by atoms with Crippen LogP contribution in [0.15, 0.2) is 59.0 Å². The van der Waals surface area contributed by atoms with Crippen LogP contribution < -0.4 is 10.2 Å². The SMILES string of the molecule is O=C(NCCC[NH+]1CCOCC1)c1cccc(-c2nnc(-c3ccccc3)o2)c1. The zero-order valence-electron chi connectivity index (χ0n) is 16.3. The number of hydrogen-bond acceptors (Lipinski definition) is 5. The second kappa shape index (κ2) is 9.45.